The van der Waals surface area contributed by atoms with Crippen LogP contribution >= 0.6 is 0 Å². The Morgan fingerprint density at radius 2 is 1.67 bits per heavy atom. The van der Waals surface area contributed by atoms with Crippen LogP contribution in [0.15, 0.2) is 84.9 Å². The van der Waals surface area contributed by atoms with E-state index in [0.29, 0.717) is 16.8 Å². The molecule has 0 radical (unpaired) electrons. The predicted octanol–water partition coefficient (Wildman–Crippen LogP) is 4.76. The van der Waals surface area contributed by atoms with Crippen LogP contribution in [0.4, 0.5) is 5.69 Å². The van der Waals surface area contributed by atoms with Gasteiger partial charge < -0.3 is 15.0 Å². The number of benzene rings is 3. The lowest BCUT2D eigenvalue weighted by Gasteiger charge is -2.09. The summed E-state index contributed by atoms with van der Waals surface area (Å²) in [7, 11) is 0. The van der Waals surface area contributed by atoms with Crippen LogP contribution in [-0.2, 0) is 16.1 Å². The van der Waals surface area contributed by atoms with E-state index in [1.807, 2.05) is 54.6 Å². The first kappa shape index (κ1) is 22.7. The zero-order valence-electron chi connectivity index (χ0n) is 18.9. The van der Waals surface area contributed by atoms with Gasteiger partial charge in [0.1, 0.15) is 18.8 Å². The molecule has 9 nitrogen and oxygen atoms in total. The van der Waals surface area contributed by atoms with Crippen LogP contribution in [0, 0.1) is 10.1 Å². The summed E-state index contributed by atoms with van der Waals surface area (Å²) in [6.45, 7) is -0.203. The quantitative estimate of drug-likeness (QED) is 0.196. The zero-order valence-corrected chi connectivity index (χ0v) is 18.9. The van der Waals surface area contributed by atoms with Gasteiger partial charge in [-0.15, -0.1) is 0 Å². The van der Waals surface area contributed by atoms with Gasteiger partial charge in [-0.25, -0.2) is 4.98 Å². The largest absolute Gasteiger partial charge is 0.460 e. The van der Waals surface area contributed by atoms with Crippen LogP contribution in [-0.4, -0.2) is 33.3 Å². The maximum absolute atomic E-state index is 13.0. The summed E-state index contributed by atoms with van der Waals surface area (Å²) in [5.41, 5.74) is 3.54. The highest BCUT2D eigenvalue weighted by Crippen LogP contribution is 2.33. The molecule has 2 aromatic heterocycles. The Bertz CT molecular complexity index is 1590. The summed E-state index contributed by atoms with van der Waals surface area (Å²) in [6.07, 6.45) is 0. The molecule has 0 aliphatic carbocycles. The Morgan fingerprint density at radius 3 is 2.42 bits per heavy atom. The Kier molecular flexibility index (Phi) is 6.10. The van der Waals surface area contributed by atoms with Crippen LogP contribution in [0.3, 0.4) is 0 Å². The van der Waals surface area contributed by atoms with E-state index < -0.39 is 16.8 Å². The minimum absolute atomic E-state index is 0.0467. The fourth-order valence-electron chi connectivity index (χ4n) is 3.94. The summed E-state index contributed by atoms with van der Waals surface area (Å²) in [6, 6.07) is 24.5. The van der Waals surface area contributed by atoms with Crippen LogP contribution in [0.25, 0.3) is 33.1 Å². The molecule has 0 fully saturated rings. The van der Waals surface area contributed by atoms with Gasteiger partial charge in [0.2, 0.25) is 0 Å². The molecule has 178 valence electrons. The smallest absolute Gasteiger partial charge is 0.325 e. The van der Waals surface area contributed by atoms with Crippen molar-refractivity contribution in [3.63, 3.8) is 0 Å². The van der Waals surface area contributed by atoms with Gasteiger partial charge in [-0.05, 0) is 29.8 Å². The average molecular weight is 480 g/mol. The summed E-state index contributed by atoms with van der Waals surface area (Å²) in [4.78, 5) is 43.6. The van der Waals surface area contributed by atoms with Gasteiger partial charge in [-0.1, -0.05) is 48.5 Å². The molecule has 0 saturated carbocycles. The van der Waals surface area contributed by atoms with E-state index in [-0.39, 0.29) is 24.5 Å². The number of aromatic amines is 1. The maximum Gasteiger partial charge on any atom is 0.325 e. The Morgan fingerprint density at radius 1 is 0.944 bits per heavy atom. The topological polar surface area (TPSA) is 127 Å². The number of carbonyl (C=O) groups excluding carboxylic acids is 2. The molecule has 5 rings (SSSR count). The van der Waals surface area contributed by atoms with Crippen LogP contribution < -0.4 is 5.32 Å². The second-order valence-corrected chi connectivity index (χ2v) is 8.08. The van der Waals surface area contributed by atoms with E-state index in [4.69, 9.17) is 4.74 Å². The third-order valence-corrected chi connectivity index (χ3v) is 5.72. The monoisotopic (exact) mass is 480 g/mol. The van der Waals surface area contributed by atoms with Crippen molar-refractivity contribution in [3.05, 3.63) is 106 Å². The average Bonchev–Trinajstić information content (AvgIpc) is 3.29. The first-order valence-corrected chi connectivity index (χ1v) is 11.1. The van der Waals surface area contributed by atoms with Gasteiger partial charge in [-0.3, -0.25) is 19.7 Å². The van der Waals surface area contributed by atoms with Gasteiger partial charge >= 0.3 is 5.97 Å². The fourth-order valence-corrected chi connectivity index (χ4v) is 3.94. The third kappa shape index (κ3) is 4.62. The molecule has 0 spiro atoms. The molecule has 9 heteroatoms. The minimum Gasteiger partial charge on any atom is -0.460 e. The van der Waals surface area contributed by atoms with Crippen molar-refractivity contribution < 1.29 is 19.2 Å². The Labute approximate surface area is 204 Å². The van der Waals surface area contributed by atoms with Crippen molar-refractivity contribution >= 4 is 39.4 Å². The molecule has 5 aromatic rings. The molecular weight excluding hydrogens is 460 g/mol. The number of ether oxygens (including phenoxy) is 1. The molecular formula is C27H20N4O5. The number of pyridine rings is 1. The normalized spacial score (nSPS) is 10.9. The standard InChI is InChI=1S/C27H20N4O5/c32-24(36-16-17-6-2-1-3-7-17)15-28-27(33)23-14-21-20-8-4-5-9-22(20)29-26(21)25(30-23)18-10-12-19(13-11-18)31(34)35/h1-14,29H,15-16H2,(H,28,33). The Hall–Kier alpha value is -5.05. The number of nitrogens with one attached hydrogen (secondary N) is 2. The van der Waals surface area contributed by atoms with Gasteiger partial charge in [0.25, 0.3) is 11.6 Å². The third-order valence-electron chi connectivity index (χ3n) is 5.72. The molecule has 0 aliphatic heterocycles. The lowest BCUT2D eigenvalue weighted by molar-refractivity contribution is -0.384. The van der Waals surface area contributed by atoms with Crippen molar-refractivity contribution in [1.82, 2.24) is 15.3 Å². The highest BCUT2D eigenvalue weighted by atomic mass is 16.6. The van der Waals surface area contributed by atoms with Crippen molar-refractivity contribution in [2.75, 3.05) is 6.54 Å². The number of fused-ring (bicyclic) bond motifs is 3. The molecule has 0 unspecified atom stereocenters. The SMILES string of the molecule is O=C(CNC(=O)c1cc2c([nH]c3ccccc32)c(-c2ccc([N+](=O)[O-])cc2)n1)OCc1ccccc1. The van der Waals surface area contributed by atoms with E-state index in [1.54, 1.807) is 18.2 Å². The van der Waals surface area contributed by atoms with Gasteiger partial charge in [0.15, 0.2) is 0 Å². The second kappa shape index (κ2) is 9.67. The van der Waals surface area contributed by atoms with Crippen molar-refractivity contribution in [2.45, 2.75) is 6.61 Å². The van der Waals surface area contributed by atoms with Gasteiger partial charge in [-0.2, -0.15) is 0 Å². The highest BCUT2D eigenvalue weighted by molar-refractivity contribution is 6.13. The number of carbonyl (C=O) groups is 2. The highest BCUT2D eigenvalue weighted by Gasteiger charge is 2.18. The Balaban J connectivity index is 1.43. The predicted molar refractivity (Wildman–Crippen MR) is 134 cm³/mol. The van der Waals surface area contributed by atoms with Crippen molar-refractivity contribution in [1.29, 1.82) is 0 Å². The molecule has 1 amide bonds. The molecule has 0 saturated heterocycles. The number of H-pyrrole nitrogens is 1. The number of aromatic nitrogens is 2. The second-order valence-electron chi connectivity index (χ2n) is 8.08. The summed E-state index contributed by atoms with van der Waals surface area (Å²) >= 11 is 0. The molecule has 0 bridgehead atoms. The number of hydrogen-bond acceptors (Lipinski definition) is 6. The summed E-state index contributed by atoms with van der Waals surface area (Å²) in [5.74, 6) is -1.11. The van der Waals surface area contributed by atoms with E-state index >= 15 is 0 Å². The molecule has 36 heavy (non-hydrogen) atoms. The van der Waals surface area contributed by atoms with E-state index in [1.165, 1.54) is 12.1 Å². The van der Waals surface area contributed by atoms with E-state index in [0.717, 1.165) is 21.9 Å². The van der Waals surface area contributed by atoms with Crippen LogP contribution in [0.2, 0.25) is 0 Å². The van der Waals surface area contributed by atoms with Crippen LogP contribution in [0.5, 0.6) is 0 Å². The molecule has 2 N–H and O–H groups in total. The van der Waals surface area contributed by atoms with Gasteiger partial charge in [0, 0.05) is 34.0 Å². The van der Waals surface area contributed by atoms with Crippen molar-refractivity contribution in [2.24, 2.45) is 0 Å². The lowest BCUT2D eigenvalue weighted by Crippen LogP contribution is -2.31. The van der Waals surface area contributed by atoms with Crippen molar-refractivity contribution in [3.8, 4) is 11.3 Å². The maximum atomic E-state index is 13.0. The number of esters is 1. The fraction of sp³-hybridized carbons (Fsp3) is 0.0741. The summed E-state index contributed by atoms with van der Waals surface area (Å²) < 4.78 is 5.22. The number of para-hydroxylation sites is 1. The van der Waals surface area contributed by atoms with E-state index in [2.05, 4.69) is 15.3 Å². The molecule has 2 heterocycles. The van der Waals surface area contributed by atoms with E-state index in [9.17, 15) is 19.7 Å². The first-order chi connectivity index (χ1) is 17.5. The zero-order chi connectivity index (χ0) is 25.1. The number of nitro benzene ring substituents is 1. The number of hydrogen-bond donors (Lipinski definition) is 2. The summed E-state index contributed by atoms with van der Waals surface area (Å²) in [5, 5.41) is 15.3. The number of amides is 1. The molecule has 3 aromatic carbocycles. The number of nitro groups is 1. The number of rotatable bonds is 7. The molecule has 0 atom stereocenters. The van der Waals surface area contributed by atoms with Gasteiger partial charge in [0.05, 0.1) is 16.1 Å². The molecule has 0 aliphatic rings. The first-order valence-electron chi connectivity index (χ1n) is 11.1. The lowest BCUT2D eigenvalue weighted by atomic mass is 10.1. The number of non-ortho nitro benzene ring substituents is 1. The minimum atomic E-state index is -0.573. The van der Waals surface area contributed by atoms with Crippen LogP contribution in [0.1, 0.15) is 16.1 Å². The number of nitrogens with zero attached hydrogens (tertiary/aromatic N) is 2.